The summed E-state index contributed by atoms with van der Waals surface area (Å²) in [5.41, 5.74) is 1.97. The third-order valence-corrected chi connectivity index (χ3v) is 2.36. The number of hydrogen-bond acceptors (Lipinski definition) is 1. The first-order chi connectivity index (χ1) is 6.61. The molecule has 2 heterocycles. The maximum atomic E-state index is 12.8. The maximum Gasteiger partial charge on any atom is 0.264 e. The summed E-state index contributed by atoms with van der Waals surface area (Å²) in [6, 6.07) is 0. The highest BCUT2D eigenvalue weighted by Crippen LogP contribution is 2.31. The molecule has 0 spiro atoms. The summed E-state index contributed by atoms with van der Waals surface area (Å²) < 4.78 is 25.5. The quantitative estimate of drug-likeness (QED) is 0.745. The summed E-state index contributed by atoms with van der Waals surface area (Å²) in [7, 11) is 0. The zero-order valence-electron chi connectivity index (χ0n) is 7.94. The Morgan fingerprint density at radius 2 is 2.00 bits per heavy atom. The van der Waals surface area contributed by atoms with Gasteiger partial charge in [0.2, 0.25) is 0 Å². The molecule has 2 rings (SSSR count). The van der Waals surface area contributed by atoms with E-state index in [-0.39, 0.29) is 5.56 Å². The fraction of sp³-hybridized carbons (Fsp3) is 0.300. The van der Waals surface area contributed by atoms with Crippen molar-refractivity contribution in [2.75, 3.05) is 0 Å². The van der Waals surface area contributed by atoms with E-state index in [0.29, 0.717) is 16.6 Å². The van der Waals surface area contributed by atoms with E-state index >= 15 is 0 Å². The summed E-state index contributed by atoms with van der Waals surface area (Å²) in [5, 5.41) is 0.556. The van der Waals surface area contributed by atoms with Crippen molar-refractivity contribution in [1.82, 2.24) is 9.97 Å². The Balaban J connectivity index is 2.87. The number of hydrogen-bond donors (Lipinski definition) is 1. The van der Waals surface area contributed by atoms with E-state index in [4.69, 9.17) is 0 Å². The van der Waals surface area contributed by atoms with E-state index in [1.54, 1.807) is 20.0 Å². The number of nitrogens with zero attached hydrogens (tertiary/aromatic N) is 1. The number of aryl methyl sites for hydroxylation is 2. The molecule has 0 saturated heterocycles. The molecule has 2 nitrogen and oxygen atoms in total. The Hall–Kier alpha value is -1.45. The predicted octanol–water partition coefficient (Wildman–Crippen LogP) is 3.12. The molecule has 1 N–H and O–H groups in total. The van der Waals surface area contributed by atoms with Crippen molar-refractivity contribution in [3.05, 3.63) is 29.1 Å². The molecule has 2 aromatic heterocycles. The van der Waals surface area contributed by atoms with E-state index in [1.807, 2.05) is 0 Å². The van der Waals surface area contributed by atoms with Crippen LogP contribution < -0.4 is 0 Å². The van der Waals surface area contributed by atoms with Crippen molar-refractivity contribution in [2.24, 2.45) is 0 Å². The second-order valence-corrected chi connectivity index (χ2v) is 3.35. The fourth-order valence-electron chi connectivity index (χ4n) is 1.66. The lowest BCUT2D eigenvalue weighted by Crippen LogP contribution is -1.93. The number of nitrogens with one attached hydrogen (secondary N) is 1. The van der Waals surface area contributed by atoms with Gasteiger partial charge in [-0.15, -0.1) is 0 Å². The molecule has 0 radical (unpaired) electrons. The molecule has 0 amide bonds. The second-order valence-electron chi connectivity index (χ2n) is 3.35. The Kier molecular flexibility index (Phi) is 1.98. The van der Waals surface area contributed by atoms with Crippen LogP contribution in [0.4, 0.5) is 8.78 Å². The lowest BCUT2D eigenvalue weighted by Gasteiger charge is -2.06. The van der Waals surface area contributed by atoms with Gasteiger partial charge in [0.1, 0.15) is 5.65 Å². The second kappa shape index (κ2) is 3.04. The molecule has 0 aliphatic carbocycles. The smallest absolute Gasteiger partial charge is 0.264 e. The molecule has 0 unspecified atom stereocenters. The third kappa shape index (κ3) is 1.18. The van der Waals surface area contributed by atoms with Crippen LogP contribution in [-0.4, -0.2) is 9.97 Å². The predicted molar refractivity (Wildman–Crippen MR) is 50.5 cm³/mol. The van der Waals surface area contributed by atoms with Crippen LogP contribution in [0.5, 0.6) is 0 Å². The minimum Gasteiger partial charge on any atom is -0.346 e. The van der Waals surface area contributed by atoms with Gasteiger partial charge < -0.3 is 4.98 Å². The average Bonchev–Trinajstić information content (AvgIpc) is 2.47. The summed E-state index contributed by atoms with van der Waals surface area (Å²) >= 11 is 0. The molecule has 0 aromatic carbocycles. The fourth-order valence-corrected chi connectivity index (χ4v) is 1.66. The van der Waals surface area contributed by atoms with Crippen LogP contribution in [-0.2, 0) is 0 Å². The number of rotatable bonds is 1. The molecule has 0 atom stereocenters. The molecule has 4 heteroatoms. The number of aromatic nitrogens is 2. The van der Waals surface area contributed by atoms with Crippen LogP contribution in [0.2, 0.25) is 0 Å². The zero-order chi connectivity index (χ0) is 10.3. The molecular weight excluding hydrogens is 186 g/mol. The highest BCUT2D eigenvalue weighted by molar-refractivity contribution is 5.84. The maximum absolute atomic E-state index is 12.8. The number of H-pyrrole nitrogens is 1. The van der Waals surface area contributed by atoms with Gasteiger partial charge in [0.15, 0.2) is 0 Å². The van der Waals surface area contributed by atoms with Gasteiger partial charge in [0.05, 0.1) is 0 Å². The Morgan fingerprint density at radius 3 is 2.64 bits per heavy atom. The standard InChI is InChI=1S/C10H10F2N2/c1-5-3-13-10-8(6(2)4-14-10)7(5)9(11)12/h3-4,9H,1-2H3,(H,13,14). The van der Waals surface area contributed by atoms with Crippen LogP contribution in [0.15, 0.2) is 12.4 Å². The molecule has 0 bridgehead atoms. The molecule has 0 aliphatic heterocycles. The van der Waals surface area contributed by atoms with Gasteiger partial charge >= 0.3 is 0 Å². The van der Waals surface area contributed by atoms with Crippen molar-refractivity contribution >= 4 is 11.0 Å². The van der Waals surface area contributed by atoms with Crippen molar-refractivity contribution in [1.29, 1.82) is 0 Å². The van der Waals surface area contributed by atoms with E-state index in [1.165, 1.54) is 6.20 Å². The molecule has 0 aliphatic rings. The highest BCUT2D eigenvalue weighted by Gasteiger charge is 2.17. The molecule has 0 saturated carbocycles. The van der Waals surface area contributed by atoms with Crippen LogP contribution in [0.3, 0.4) is 0 Å². The summed E-state index contributed by atoms with van der Waals surface area (Å²) in [6.45, 7) is 3.45. The Bertz CT molecular complexity index is 474. The first-order valence-electron chi connectivity index (χ1n) is 4.32. The molecule has 74 valence electrons. The normalized spacial score (nSPS) is 11.5. The summed E-state index contributed by atoms with van der Waals surface area (Å²) in [6.07, 6.45) is 0.720. The van der Waals surface area contributed by atoms with E-state index < -0.39 is 6.43 Å². The van der Waals surface area contributed by atoms with E-state index in [0.717, 1.165) is 5.56 Å². The number of fused-ring (bicyclic) bond motifs is 1. The monoisotopic (exact) mass is 196 g/mol. The highest BCUT2D eigenvalue weighted by atomic mass is 19.3. The summed E-state index contributed by atoms with van der Waals surface area (Å²) in [5.74, 6) is 0. The van der Waals surface area contributed by atoms with Gasteiger partial charge in [0, 0.05) is 23.3 Å². The lowest BCUT2D eigenvalue weighted by atomic mass is 10.1. The van der Waals surface area contributed by atoms with Gasteiger partial charge in [-0.25, -0.2) is 13.8 Å². The van der Waals surface area contributed by atoms with Crippen molar-refractivity contribution in [2.45, 2.75) is 20.3 Å². The van der Waals surface area contributed by atoms with Crippen LogP contribution in [0.1, 0.15) is 23.1 Å². The number of alkyl halides is 2. The minimum absolute atomic E-state index is 0.0914. The first kappa shape index (κ1) is 9.12. The lowest BCUT2D eigenvalue weighted by molar-refractivity contribution is 0.152. The molecule has 0 fully saturated rings. The zero-order valence-corrected chi connectivity index (χ0v) is 7.94. The minimum atomic E-state index is -2.45. The molecule has 2 aromatic rings. The van der Waals surface area contributed by atoms with Crippen molar-refractivity contribution < 1.29 is 8.78 Å². The van der Waals surface area contributed by atoms with Crippen LogP contribution in [0.25, 0.3) is 11.0 Å². The Labute approximate surface area is 80.0 Å². The number of pyridine rings is 1. The topological polar surface area (TPSA) is 28.7 Å². The van der Waals surface area contributed by atoms with Gasteiger partial charge in [-0.3, -0.25) is 0 Å². The number of halogens is 2. The van der Waals surface area contributed by atoms with Crippen LogP contribution in [0, 0.1) is 13.8 Å². The third-order valence-electron chi connectivity index (χ3n) is 2.36. The summed E-state index contributed by atoms with van der Waals surface area (Å²) in [4.78, 5) is 6.92. The van der Waals surface area contributed by atoms with E-state index in [2.05, 4.69) is 9.97 Å². The van der Waals surface area contributed by atoms with Crippen molar-refractivity contribution in [3.63, 3.8) is 0 Å². The van der Waals surface area contributed by atoms with Gasteiger partial charge in [0.25, 0.3) is 6.43 Å². The van der Waals surface area contributed by atoms with Gasteiger partial charge in [-0.1, -0.05) is 0 Å². The van der Waals surface area contributed by atoms with Crippen molar-refractivity contribution in [3.8, 4) is 0 Å². The average molecular weight is 196 g/mol. The molecular formula is C10H10F2N2. The first-order valence-corrected chi connectivity index (χ1v) is 4.32. The van der Waals surface area contributed by atoms with E-state index in [9.17, 15) is 8.78 Å². The largest absolute Gasteiger partial charge is 0.346 e. The number of aromatic amines is 1. The molecule has 14 heavy (non-hydrogen) atoms. The SMILES string of the molecule is Cc1cnc2[nH]cc(C)c2c1C(F)F. The van der Waals surface area contributed by atoms with Gasteiger partial charge in [-0.2, -0.15) is 0 Å². The van der Waals surface area contributed by atoms with Crippen LogP contribution >= 0.6 is 0 Å². The van der Waals surface area contributed by atoms with Gasteiger partial charge in [-0.05, 0) is 25.0 Å². The Morgan fingerprint density at radius 1 is 1.29 bits per heavy atom.